The van der Waals surface area contributed by atoms with E-state index in [-0.39, 0.29) is 25.1 Å². The van der Waals surface area contributed by atoms with E-state index in [1.807, 2.05) is 0 Å². The highest BCUT2D eigenvalue weighted by molar-refractivity contribution is 6.44. The fourth-order valence-corrected chi connectivity index (χ4v) is 4.41. The minimum absolute atomic E-state index is 0.120. The molecule has 0 aromatic carbocycles. The summed E-state index contributed by atoms with van der Waals surface area (Å²) in [7, 11) is 1.62. The van der Waals surface area contributed by atoms with Crippen LogP contribution in [0.25, 0.3) is 0 Å². The van der Waals surface area contributed by atoms with Crippen molar-refractivity contribution < 1.29 is 32.7 Å². The highest BCUT2D eigenvalue weighted by atomic mass is 19.1. The highest BCUT2D eigenvalue weighted by Crippen LogP contribution is 2.39. The van der Waals surface area contributed by atoms with Gasteiger partial charge in [-0.1, -0.05) is 12.8 Å². The van der Waals surface area contributed by atoms with Crippen molar-refractivity contribution >= 4 is 29.5 Å². The van der Waals surface area contributed by atoms with E-state index in [0.717, 1.165) is 0 Å². The summed E-state index contributed by atoms with van der Waals surface area (Å²) < 4.78 is 35.5. The van der Waals surface area contributed by atoms with Crippen molar-refractivity contribution in [3.05, 3.63) is 12.3 Å². The van der Waals surface area contributed by atoms with Crippen LogP contribution in [0.2, 0.25) is 0 Å². The molecular formula is C22H31F2N5O5. The molecule has 12 heteroatoms. The van der Waals surface area contributed by atoms with Crippen LogP contribution in [0, 0.1) is 0 Å². The highest BCUT2D eigenvalue weighted by Gasteiger charge is 2.55. The van der Waals surface area contributed by atoms with Gasteiger partial charge in [-0.05, 0) is 26.7 Å². The van der Waals surface area contributed by atoms with Gasteiger partial charge in [0, 0.05) is 38.6 Å². The second kappa shape index (κ2) is 10.1. The van der Waals surface area contributed by atoms with E-state index >= 15 is 4.39 Å². The number of ketones is 1. The zero-order chi connectivity index (χ0) is 25.1. The quantitative estimate of drug-likeness (QED) is 0.461. The van der Waals surface area contributed by atoms with E-state index in [9.17, 15) is 23.6 Å². The molecule has 34 heavy (non-hydrogen) atoms. The molecule has 3 N–H and O–H groups in total. The number of carbonyl (C=O) groups excluding carboxylic acids is 4. The van der Waals surface area contributed by atoms with Crippen LogP contribution in [-0.4, -0.2) is 63.0 Å². The summed E-state index contributed by atoms with van der Waals surface area (Å²) in [6.45, 7) is 3.23. The van der Waals surface area contributed by atoms with Crippen LogP contribution in [0.3, 0.4) is 0 Å². The molecule has 3 rings (SSSR count). The smallest absolute Gasteiger partial charge is 0.408 e. The maximum Gasteiger partial charge on any atom is 0.408 e. The molecule has 0 spiro atoms. The van der Waals surface area contributed by atoms with Gasteiger partial charge in [0.05, 0.1) is 6.10 Å². The van der Waals surface area contributed by atoms with Gasteiger partial charge in [-0.2, -0.15) is 5.10 Å². The molecule has 1 aromatic heterocycles. The number of nitrogens with one attached hydrogen (secondary N) is 3. The van der Waals surface area contributed by atoms with E-state index in [4.69, 9.17) is 4.74 Å². The van der Waals surface area contributed by atoms with Crippen molar-refractivity contribution in [3.8, 4) is 0 Å². The number of rotatable bonds is 9. The van der Waals surface area contributed by atoms with Crippen LogP contribution in [-0.2, 0) is 26.2 Å². The second-order valence-electron chi connectivity index (χ2n) is 9.45. The zero-order valence-electron chi connectivity index (χ0n) is 19.5. The third kappa shape index (κ3) is 6.09. The number of alkyl halides is 2. The molecule has 1 aromatic rings. The standard InChI is InChI=1S/C22H31F2N5O5/c1-13(2)34-20(33)25-15(12-21(24)7-4-5-8-21)18(31)27-22(10-14(23)11-22)17(30)19(32)26-16-6-9-29(3)28-16/h6,9,13-15H,4-5,7-8,10-12H2,1-3H3,(H,25,33)(H,27,31)(H,26,28,32)/t14?,15-,22?/m0/s1. The zero-order valence-corrected chi connectivity index (χ0v) is 19.5. The minimum Gasteiger partial charge on any atom is -0.447 e. The molecule has 1 atom stereocenters. The van der Waals surface area contributed by atoms with Gasteiger partial charge < -0.3 is 20.7 Å². The number of aromatic nitrogens is 2. The maximum absolute atomic E-state index is 15.2. The van der Waals surface area contributed by atoms with Crippen molar-refractivity contribution in [3.63, 3.8) is 0 Å². The Bertz CT molecular complexity index is 938. The van der Waals surface area contributed by atoms with Crippen LogP contribution >= 0.6 is 0 Å². The van der Waals surface area contributed by atoms with Crippen LogP contribution in [0.5, 0.6) is 0 Å². The average molecular weight is 484 g/mol. The van der Waals surface area contributed by atoms with Gasteiger partial charge in [-0.15, -0.1) is 0 Å². The molecular weight excluding hydrogens is 452 g/mol. The third-order valence-corrected chi connectivity index (χ3v) is 6.12. The van der Waals surface area contributed by atoms with Gasteiger partial charge in [0.15, 0.2) is 5.82 Å². The number of amides is 3. The predicted octanol–water partition coefficient (Wildman–Crippen LogP) is 2.09. The van der Waals surface area contributed by atoms with Crippen molar-refractivity contribution in [2.75, 3.05) is 5.32 Å². The van der Waals surface area contributed by atoms with E-state index < -0.39 is 66.1 Å². The number of Topliss-reactive ketones (excluding diaryl/α,β-unsaturated/α-hetero) is 1. The molecule has 10 nitrogen and oxygen atoms in total. The van der Waals surface area contributed by atoms with Crippen LogP contribution < -0.4 is 16.0 Å². The molecule has 0 aliphatic heterocycles. The van der Waals surface area contributed by atoms with Gasteiger partial charge in [0.1, 0.15) is 23.4 Å². The number of nitrogens with zero attached hydrogens (tertiary/aromatic N) is 2. The average Bonchev–Trinajstić information content (AvgIpc) is 3.32. The topological polar surface area (TPSA) is 131 Å². The SMILES string of the molecule is CC(C)OC(=O)N[C@@H](CC1(F)CCCC1)C(=O)NC1(C(=O)C(=O)Nc2ccn(C)n2)CC(F)C1. The van der Waals surface area contributed by atoms with E-state index in [0.29, 0.717) is 12.8 Å². The monoisotopic (exact) mass is 483 g/mol. The Morgan fingerprint density at radius 2 is 1.88 bits per heavy atom. The Morgan fingerprint density at radius 3 is 2.41 bits per heavy atom. The lowest BCUT2D eigenvalue weighted by atomic mass is 9.71. The van der Waals surface area contributed by atoms with Crippen molar-refractivity contribution in [2.24, 2.45) is 7.05 Å². The van der Waals surface area contributed by atoms with Gasteiger partial charge in [-0.3, -0.25) is 19.1 Å². The Labute approximate surface area is 196 Å². The first kappa shape index (κ1) is 25.6. The number of hydrogen-bond acceptors (Lipinski definition) is 6. The van der Waals surface area contributed by atoms with Gasteiger partial charge in [-0.25, -0.2) is 13.6 Å². The van der Waals surface area contributed by atoms with Gasteiger partial charge >= 0.3 is 6.09 Å². The lowest BCUT2D eigenvalue weighted by Crippen LogP contribution is -2.68. The van der Waals surface area contributed by atoms with Gasteiger partial charge in [0.25, 0.3) is 5.91 Å². The predicted molar refractivity (Wildman–Crippen MR) is 117 cm³/mol. The molecule has 0 radical (unpaired) electrons. The molecule has 188 valence electrons. The fraction of sp³-hybridized carbons (Fsp3) is 0.682. The molecule has 1 heterocycles. The minimum atomic E-state index is -1.80. The normalized spacial score (nSPS) is 24.1. The van der Waals surface area contributed by atoms with Gasteiger partial charge in [0.2, 0.25) is 11.7 Å². The van der Waals surface area contributed by atoms with Crippen LogP contribution in [0.15, 0.2) is 12.3 Å². The first-order valence-electron chi connectivity index (χ1n) is 11.4. The Hall–Kier alpha value is -3.05. The van der Waals surface area contributed by atoms with Crippen molar-refractivity contribution in [1.29, 1.82) is 0 Å². The first-order valence-corrected chi connectivity index (χ1v) is 11.4. The molecule has 2 fully saturated rings. The first-order chi connectivity index (χ1) is 15.9. The molecule has 2 aliphatic carbocycles. The Balaban J connectivity index is 1.74. The van der Waals surface area contributed by atoms with E-state index in [2.05, 4.69) is 21.0 Å². The summed E-state index contributed by atoms with van der Waals surface area (Å²) >= 11 is 0. The summed E-state index contributed by atoms with van der Waals surface area (Å²) in [5.74, 6) is -2.86. The number of alkyl carbamates (subject to hydrolysis) is 1. The van der Waals surface area contributed by atoms with E-state index in [1.165, 1.54) is 10.7 Å². The number of anilines is 1. The summed E-state index contributed by atoms with van der Waals surface area (Å²) in [5, 5.41) is 11.1. The fourth-order valence-electron chi connectivity index (χ4n) is 4.41. The number of hydrogen-bond donors (Lipinski definition) is 3. The molecule has 2 aliphatic rings. The number of ether oxygens (including phenoxy) is 1. The number of halogens is 2. The second-order valence-corrected chi connectivity index (χ2v) is 9.45. The summed E-state index contributed by atoms with van der Waals surface area (Å²) in [5.41, 5.74) is -3.46. The number of carbonyl (C=O) groups is 4. The van der Waals surface area contributed by atoms with Crippen LogP contribution in [0.4, 0.5) is 19.4 Å². The molecule has 0 saturated heterocycles. The number of aryl methyl sites for hydroxylation is 1. The lowest BCUT2D eigenvalue weighted by Gasteiger charge is -2.43. The molecule has 0 bridgehead atoms. The van der Waals surface area contributed by atoms with E-state index in [1.54, 1.807) is 27.1 Å². The largest absolute Gasteiger partial charge is 0.447 e. The van der Waals surface area contributed by atoms with Crippen molar-refractivity contribution in [1.82, 2.24) is 20.4 Å². The summed E-state index contributed by atoms with van der Waals surface area (Å²) in [6, 6.07) is 0.106. The van der Waals surface area contributed by atoms with Crippen LogP contribution in [0.1, 0.15) is 58.8 Å². The summed E-state index contributed by atoms with van der Waals surface area (Å²) in [4.78, 5) is 50.7. The Kier molecular flexibility index (Phi) is 7.57. The third-order valence-electron chi connectivity index (χ3n) is 6.12. The maximum atomic E-state index is 15.2. The Morgan fingerprint density at radius 1 is 1.24 bits per heavy atom. The van der Waals surface area contributed by atoms with Crippen molar-refractivity contribution in [2.45, 2.75) is 88.3 Å². The molecule has 2 saturated carbocycles. The summed E-state index contributed by atoms with van der Waals surface area (Å²) in [6.07, 6.45) is -0.584. The molecule has 0 unspecified atom stereocenters. The lowest BCUT2D eigenvalue weighted by molar-refractivity contribution is -0.146. The molecule has 3 amide bonds.